The molecule has 0 aromatic carbocycles. The first-order chi connectivity index (χ1) is 8.39. The van der Waals surface area contributed by atoms with Crippen LogP contribution < -0.4 is 0 Å². The van der Waals surface area contributed by atoms with Crippen molar-refractivity contribution < 1.29 is 4.79 Å². The van der Waals surface area contributed by atoms with E-state index in [1.807, 2.05) is 4.90 Å². The minimum absolute atomic E-state index is 0.0224. The fourth-order valence-electron chi connectivity index (χ4n) is 2.37. The average molecular weight is 267 g/mol. The number of likely N-dealkylation sites (tertiary alicyclic amines) is 1. The fourth-order valence-corrected chi connectivity index (χ4v) is 2.57. The van der Waals surface area contributed by atoms with Crippen LogP contribution in [0.3, 0.4) is 0 Å². The average Bonchev–Trinajstić information content (AvgIpc) is 2.77. The van der Waals surface area contributed by atoms with E-state index >= 15 is 0 Å². The molecule has 0 spiro atoms. The molecule has 1 aromatic rings. The molecule has 3 nitrogen and oxygen atoms in total. The normalized spacial score (nSPS) is 20.2. The number of amides is 1. The maximum absolute atomic E-state index is 12.4. The standard InChI is InChI=1S/C14H19ClN2O/c1-14(2,3)10-5-7-17(9-10)13(18)11-4-6-16-8-12(11)15/h4,6,8,10H,5,7,9H2,1-3H3. The topological polar surface area (TPSA) is 33.2 Å². The van der Waals surface area contributed by atoms with E-state index in [1.54, 1.807) is 12.3 Å². The summed E-state index contributed by atoms with van der Waals surface area (Å²) >= 11 is 6.01. The molecule has 0 radical (unpaired) electrons. The first-order valence-electron chi connectivity index (χ1n) is 6.28. The van der Waals surface area contributed by atoms with E-state index in [2.05, 4.69) is 25.8 Å². The van der Waals surface area contributed by atoms with Gasteiger partial charge in [-0.1, -0.05) is 32.4 Å². The van der Waals surface area contributed by atoms with Crippen LogP contribution in [-0.2, 0) is 0 Å². The predicted octanol–water partition coefficient (Wildman–Crippen LogP) is 3.24. The summed E-state index contributed by atoms with van der Waals surface area (Å²) in [6, 6.07) is 1.69. The lowest BCUT2D eigenvalue weighted by Crippen LogP contribution is -2.31. The van der Waals surface area contributed by atoms with Gasteiger partial charge in [0.05, 0.1) is 10.6 Å². The van der Waals surface area contributed by atoms with Gasteiger partial charge in [0.15, 0.2) is 0 Å². The highest BCUT2D eigenvalue weighted by molar-refractivity contribution is 6.33. The van der Waals surface area contributed by atoms with Gasteiger partial charge >= 0.3 is 0 Å². The highest BCUT2D eigenvalue weighted by Gasteiger charge is 2.34. The van der Waals surface area contributed by atoms with Crippen LogP contribution in [0.25, 0.3) is 0 Å². The summed E-state index contributed by atoms with van der Waals surface area (Å²) in [6.45, 7) is 8.32. The summed E-state index contributed by atoms with van der Waals surface area (Å²) in [4.78, 5) is 18.2. The van der Waals surface area contributed by atoms with Crippen LogP contribution in [0, 0.1) is 11.3 Å². The Kier molecular flexibility index (Phi) is 3.62. The van der Waals surface area contributed by atoms with Crippen LogP contribution >= 0.6 is 11.6 Å². The summed E-state index contributed by atoms with van der Waals surface area (Å²) < 4.78 is 0. The van der Waals surface area contributed by atoms with Crippen molar-refractivity contribution in [2.24, 2.45) is 11.3 Å². The molecule has 1 aromatic heterocycles. The molecule has 2 rings (SSSR count). The van der Waals surface area contributed by atoms with Gasteiger partial charge in [-0.25, -0.2) is 0 Å². The number of rotatable bonds is 1. The number of nitrogens with zero attached hydrogens (tertiary/aromatic N) is 2. The highest BCUT2D eigenvalue weighted by Crippen LogP contribution is 2.34. The summed E-state index contributed by atoms with van der Waals surface area (Å²) in [5.74, 6) is 0.580. The molecule has 0 aliphatic carbocycles. The summed E-state index contributed by atoms with van der Waals surface area (Å²) in [7, 11) is 0. The number of carbonyl (C=O) groups is 1. The number of pyridine rings is 1. The van der Waals surface area contributed by atoms with E-state index in [0.29, 0.717) is 16.5 Å². The zero-order valence-electron chi connectivity index (χ0n) is 11.1. The molecule has 1 atom stereocenters. The van der Waals surface area contributed by atoms with E-state index in [0.717, 1.165) is 19.5 Å². The maximum atomic E-state index is 12.4. The van der Waals surface area contributed by atoms with E-state index < -0.39 is 0 Å². The number of hydrogen-bond donors (Lipinski definition) is 0. The Labute approximate surface area is 113 Å². The molecule has 1 aliphatic rings. The first-order valence-corrected chi connectivity index (χ1v) is 6.66. The molecule has 0 saturated carbocycles. The van der Waals surface area contributed by atoms with Gasteiger partial charge in [0, 0.05) is 25.5 Å². The molecule has 1 aliphatic heterocycles. The van der Waals surface area contributed by atoms with E-state index in [9.17, 15) is 4.79 Å². The van der Waals surface area contributed by atoms with Crippen molar-refractivity contribution in [3.8, 4) is 0 Å². The maximum Gasteiger partial charge on any atom is 0.255 e. The number of aromatic nitrogens is 1. The van der Waals surface area contributed by atoms with Gasteiger partial charge in [0.2, 0.25) is 0 Å². The molecular weight excluding hydrogens is 248 g/mol. The van der Waals surface area contributed by atoms with Gasteiger partial charge in [0.25, 0.3) is 5.91 Å². The monoisotopic (exact) mass is 266 g/mol. The van der Waals surface area contributed by atoms with Gasteiger partial charge in [0.1, 0.15) is 0 Å². The molecule has 1 amide bonds. The SMILES string of the molecule is CC(C)(C)C1CCN(C(=O)c2ccncc2Cl)C1. The van der Waals surface area contributed by atoms with Crippen LogP contribution in [0.2, 0.25) is 5.02 Å². The Morgan fingerprint density at radius 1 is 1.50 bits per heavy atom. The van der Waals surface area contributed by atoms with Crippen molar-refractivity contribution >= 4 is 17.5 Å². The third-order valence-corrected chi connectivity index (χ3v) is 4.00. The lowest BCUT2D eigenvalue weighted by atomic mass is 9.80. The third kappa shape index (κ3) is 2.66. The first kappa shape index (κ1) is 13.3. The molecule has 2 heterocycles. The Morgan fingerprint density at radius 3 is 2.78 bits per heavy atom. The lowest BCUT2D eigenvalue weighted by Gasteiger charge is -2.27. The second-order valence-corrected chi connectivity index (χ2v) is 6.37. The minimum Gasteiger partial charge on any atom is -0.338 e. The van der Waals surface area contributed by atoms with Crippen molar-refractivity contribution in [2.75, 3.05) is 13.1 Å². The van der Waals surface area contributed by atoms with Gasteiger partial charge in [-0.3, -0.25) is 9.78 Å². The van der Waals surface area contributed by atoms with Crippen LogP contribution in [0.1, 0.15) is 37.6 Å². The highest BCUT2D eigenvalue weighted by atomic mass is 35.5. The number of hydrogen-bond acceptors (Lipinski definition) is 2. The molecule has 1 saturated heterocycles. The van der Waals surface area contributed by atoms with Crippen LogP contribution in [0.15, 0.2) is 18.5 Å². The largest absolute Gasteiger partial charge is 0.338 e. The lowest BCUT2D eigenvalue weighted by molar-refractivity contribution is 0.0776. The summed E-state index contributed by atoms with van der Waals surface area (Å²) in [5.41, 5.74) is 0.804. The van der Waals surface area contributed by atoms with Crippen molar-refractivity contribution in [2.45, 2.75) is 27.2 Å². The van der Waals surface area contributed by atoms with E-state index in [1.165, 1.54) is 6.20 Å². The smallest absolute Gasteiger partial charge is 0.255 e. The molecule has 1 unspecified atom stereocenters. The Bertz CT molecular complexity index is 453. The molecule has 18 heavy (non-hydrogen) atoms. The number of halogens is 1. The summed E-state index contributed by atoms with van der Waals surface area (Å²) in [5, 5.41) is 0.432. The third-order valence-electron chi connectivity index (χ3n) is 3.70. The van der Waals surface area contributed by atoms with Crippen molar-refractivity contribution in [3.63, 3.8) is 0 Å². The second kappa shape index (κ2) is 4.88. The Morgan fingerprint density at radius 2 is 2.22 bits per heavy atom. The van der Waals surface area contributed by atoms with E-state index in [4.69, 9.17) is 11.6 Å². The van der Waals surface area contributed by atoms with Gasteiger partial charge < -0.3 is 4.90 Å². The van der Waals surface area contributed by atoms with Crippen molar-refractivity contribution in [3.05, 3.63) is 29.0 Å². The molecule has 4 heteroatoms. The second-order valence-electron chi connectivity index (χ2n) is 5.96. The zero-order valence-corrected chi connectivity index (χ0v) is 11.9. The van der Waals surface area contributed by atoms with Gasteiger partial charge in [-0.05, 0) is 23.8 Å². The molecular formula is C14H19ClN2O. The zero-order chi connectivity index (χ0) is 13.3. The Hall–Kier alpha value is -1.09. The van der Waals surface area contributed by atoms with E-state index in [-0.39, 0.29) is 11.3 Å². The molecule has 0 N–H and O–H groups in total. The van der Waals surface area contributed by atoms with Crippen molar-refractivity contribution in [1.29, 1.82) is 0 Å². The quantitative estimate of drug-likeness (QED) is 0.782. The summed E-state index contributed by atoms with van der Waals surface area (Å²) in [6.07, 6.45) is 4.19. The fraction of sp³-hybridized carbons (Fsp3) is 0.571. The molecule has 0 bridgehead atoms. The molecule has 98 valence electrons. The van der Waals surface area contributed by atoms with Crippen LogP contribution in [0.5, 0.6) is 0 Å². The minimum atomic E-state index is 0.0224. The molecule has 1 fully saturated rings. The Balaban J connectivity index is 2.11. The van der Waals surface area contributed by atoms with Gasteiger partial charge in [-0.15, -0.1) is 0 Å². The van der Waals surface area contributed by atoms with Crippen LogP contribution in [-0.4, -0.2) is 28.9 Å². The van der Waals surface area contributed by atoms with Crippen LogP contribution in [0.4, 0.5) is 0 Å². The van der Waals surface area contributed by atoms with Gasteiger partial charge in [-0.2, -0.15) is 0 Å². The van der Waals surface area contributed by atoms with Crippen molar-refractivity contribution in [1.82, 2.24) is 9.88 Å². The number of carbonyl (C=O) groups excluding carboxylic acids is 1. The predicted molar refractivity (Wildman–Crippen MR) is 72.7 cm³/mol.